The average molecular weight is 222 g/mol. The van der Waals surface area contributed by atoms with Gasteiger partial charge in [0.1, 0.15) is 11.5 Å². The molecular formula is C13H18O3. The van der Waals surface area contributed by atoms with Crippen LogP contribution in [-0.2, 0) is 11.2 Å². The topological polar surface area (TPSA) is 38.7 Å². The summed E-state index contributed by atoms with van der Waals surface area (Å²) in [7, 11) is 3.22. The Bertz CT molecular complexity index is 345. The molecule has 1 rings (SSSR count). The Morgan fingerprint density at radius 3 is 2.75 bits per heavy atom. The van der Waals surface area contributed by atoms with Crippen molar-refractivity contribution in [1.82, 2.24) is 0 Å². The highest BCUT2D eigenvalue weighted by Gasteiger charge is 2.02. The zero-order valence-corrected chi connectivity index (χ0v) is 9.77. The first-order valence-electron chi connectivity index (χ1n) is 5.31. The van der Waals surface area contributed by atoms with Crippen molar-refractivity contribution in [3.8, 4) is 11.5 Å². The summed E-state index contributed by atoms with van der Waals surface area (Å²) in [4.78, 5) is 0. The molecule has 16 heavy (non-hydrogen) atoms. The van der Waals surface area contributed by atoms with Gasteiger partial charge < -0.3 is 14.6 Å². The molecule has 0 unspecified atom stereocenters. The molecule has 0 saturated heterocycles. The van der Waals surface area contributed by atoms with Crippen LogP contribution in [0.2, 0.25) is 0 Å². The Kier molecular flexibility index (Phi) is 5.26. The minimum atomic E-state index is 0.301. The summed E-state index contributed by atoms with van der Waals surface area (Å²) in [5.41, 5.74) is 0.951. The molecule has 0 heterocycles. The normalized spacial score (nSPS) is 10.6. The van der Waals surface area contributed by atoms with Gasteiger partial charge >= 0.3 is 0 Å². The van der Waals surface area contributed by atoms with Gasteiger partial charge in [0, 0.05) is 6.07 Å². The van der Waals surface area contributed by atoms with Gasteiger partial charge in [0.2, 0.25) is 0 Å². The van der Waals surface area contributed by atoms with Gasteiger partial charge in [-0.1, -0.05) is 6.07 Å². The molecule has 88 valence electrons. The number of hydrogen-bond donors (Lipinski definition) is 1. The molecule has 1 aromatic rings. The van der Waals surface area contributed by atoms with Gasteiger partial charge in [0.25, 0.3) is 0 Å². The van der Waals surface area contributed by atoms with Crippen molar-refractivity contribution >= 4 is 0 Å². The highest BCUT2D eigenvalue weighted by atomic mass is 16.5. The zero-order chi connectivity index (χ0) is 11.8. The third-order valence-corrected chi connectivity index (χ3v) is 2.34. The van der Waals surface area contributed by atoms with Crippen LogP contribution in [0, 0.1) is 0 Å². The molecule has 3 nitrogen and oxygen atoms in total. The summed E-state index contributed by atoms with van der Waals surface area (Å²) in [5.74, 6) is 0.982. The summed E-state index contributed by atoms with van der Waals surface area (Å²) in [6, 6.07) is 5.40. The predicted molar refractivity (Wildman–Crippen MR) is 63.7 cm³/mol. The van der Waals surface area contributed by atoms with E-state index < -0.39 is 0 Å². The Labute approximate surface area is 96.3 Å². The Balaban J connectivity index is 2.45. The minimum absolute atomic E-state index is 0.301. The second-order valence-corrected chi connectivity index (χ2v) is 3.49. The number of hydrogen-bond acceptors (Lipinski definition) is 3. The number of aromatic hydroxyl groups is 1. The lowest BCUT2D eigenvalue weighted by molar-refractivity contribution is 0.336. The quantitative estimate of drug-likeness (QED) is 0.594. The van der Waals surface area contributed by atoms with Crippen LogP contribution in [0.1, 0.15) is 18.4 Å². The maximum Gasteiger partial charge on any atom is 0.122 e. The average Bonchev–Trinajstić information content (AvgIpc) is 2.30. The van der Waals surface area contributed by atoms with Gasteiger partial charge in [-0.3, -0.25) is 0 Å². The standard InChI is InChI=1S/C13H18O3/c1-15-9-5-3-4-6-11-7-8-12(16-2)10-13(11)14/h5,7-10,14H,3-4,6H2,1-2H3/b9-5+. The zero-order valence-electron chi connectivity index (χ0n) is 9.77. The Morgan fingerprint density at radius 2 is 2.12 bits per heavy atom. The van der Waals surface area contributed by atoms with E-state index in [2.05, 4.69) is 0 Å². The van der Waals surface area contributed by atoms with Gasteiger partial charge in [-0.15, -0.1) is 0 Å². The first kappa shape index (κ1) is 12.4. The third kappa shape index (κ3) is 3.85. The number of unbranched alkanes of at least 4 members (excludes halogenated alkanes) is 1. The van der Waals surface area contributed by atoms with Crippen molar-refractivity contribution in [3.63, 3.8) is 0 Å². The third-order valence-electron chi connectivity index (χ3n) is 2.34. The van der Waals surface area contributed by atoms with Crippen molar-refractivity contribution in [2.45, 2.75) is 19.3 Å². The van der Waals surface area contributed by atoms with Crippen molar-refractivity contribution in [2.24, 2.45) is 0 Å². The molecule has 0 aliphatic heterocycles. The van der Waals surface area contributed by atoms with Gasteiger partial charge in [-0.2, -0.15) is 0 Å². The van der Waals surface area contributed by atoms with Crippen LogP contribution < -0.4 is 4.74 Å². The molecule has 0 aliphatic carbocycles. The molecule has 3 heteroatoms. The van der Waals surface area contributed by atoms with Crippen LogP contribution in [0.15, 0.2) is 30.5 Å². The maximum absolute atomic E-state index is 9.70. The second kappa shape index (κ2) is 6.77. The largest absolute Gasteiger partial charge is 0.508 e. The SMILES string of the molecule is CO/C=C/CCCc1ccc(OC)cc1O. The molecule has 0 bridgehead atoms. The van der Waals surface area contributed by atoms with E-state index in [0.717, 1.165) is 24.8 Å². The first-order valence-corrected chi connectivity index (χ1v) is 5.31. The Hall–Kier alpha value is -1.64. The van der Waals surface area contributed by atoms with E-state index in [4.69, 9.17) is 9.47 Å². The van der Waals surface area contributed by atoms with E-state index in [1.807, 2.05) is 18.2 Å². The monoisotopic (exact) mass is 222 g/mol. The lowest BCUT2D eigenvalue weighted by atomic mass is 10.1. The van der Waals surface area contributed by atoms with Crippen LogP contribution in [-0.4, -0.2) is 19.3 Å². The molecule has 1 aromatic carbocycles. The first-order chi connectivity index (χ1) is 7.77. The molecule has 0 atom stereocenters. The fraction of sp³-hybridized carbons (Fsp3) is 0.385. The van der Waals surface area contributed by atoms with Crippen molar-refractivity contribution in [2.75, 3.05) is 14.2 Å². The lowest BCUT2D eigenvalue weighted by Crippen LogP contribution is -1.88. The smallest absolute Gasteiger partial charge is 0.122 e. The van der Waals surface area contributed by atoms with Gasteiger partial charge in [0.05, 0.1) is 20.5 Å². The number of benzene rings is 1. The van der Waals surface area contributed by atoms with Crippen LogP contribution in [0.3, 0.4) is 0 Å². The number of rotatable bonds is 6. The van der Waals surface area contributed by atoms with Gasteiger partial charge in [-0.05, 0) is 37.0 Å². The van der Waals surface area contributed by atoms with E-state index >= 15 is 0 Å². The molecule has 0 spiro atoms. The molecule has 0 radical (unpaired) electrons. The number of aryl methyl sites for hydroxylation is 1. The second-order valence-electron chi connectivity index (χ2n) is 3.49. The fourth-order valence-corrected chi connectivity index (χ4v) is 1.46. The van der Waals surface area contributed by atoms with E-state index in [0.29, 0.717) is 11.5 Å². The van der Waals surface area contributed by atoms with Crippen LogP contribution in [0.25, 0.3) is 0 Å². The molecule has 0 amide bonds. The van der Waals surface area contributed by atoms with E-state index in [-0.39, 0.29) is 0 Å². The molecule has 0 aromatic heterocycles. The summed E-state index contributed by atoms with van der Waals surface area (Å²) in [6.45, 7) is 0. The van der Waals surface area contributed by atoms with Crippen LogP contribution >= 0.6 is 0 Å². The van der Waals surface area contributed by atoms with Crippen molar-refractivity contribution < 1.29 is 14.6 Å². The van der Waals surface area contributed by atoms with E-state index in [1.54, 1.807) is 26.5 Å². The molecular weight excluding hydrogens is 204 g/mol. The molecule has 1 N–H and O–H groups in total. The van der Waals surface area contributed by atoms with Gasteiger partial charge in [0.15, 0.2) is 0 Å². The van der Waals surface area contributed by atoms with Crippen molar-refractivity contribution in [3.05, 3.63) is 36.1 Å². The molecule has 0 fully saturated rings. The molecule has 0 saturated carbocycles. The van der Waals surface area contributed by atoms with Crippen LogP contribution in [0.5, 0.6) is 11.5 Å². The number of allylic oxidation sites excluding steroid dienone is 1. The maximum atomic E-state index is 9.70. The Morgan fingerprint density at radius 1 is 1.31 bits per heavy atom. The summed E-state index contributed by atoms with van der Waals surface area (Å²) < 4.78 is 9.82. The number of phenolic OH excluding ortho intramolecular Hbond substituents is 1. The summed E-state index contributed by atoms with van der Waals surface area (Å²) >= 11 is 0. The number of methoxy groups -OCH3 is 2. The van der Waals surface area contributed by atoms with Crippen molar-refractivity contribution in [1.29, 1.82) is 0 Å². The lowest BCUT2D eigenvalue weighted by Gasteiger charge is -2.05. The fourth-order valence-electron chi connectivity index (χ4n) is 1.46. The minimum Gasteiger partial charge on any atom is -0.508 e. The summed E-state index contributed by atoms with van der Waals surface area (Å²) in [5, 5.41) is 9.70. The molecule has 0 aliphatic rings. The highest BCUT2D eigenvalue weighted by molar-refractivity contribution is 5.39. The predicted octanol–water partition coefficient (Wildman–Crippen LogP) is 2.88. The van der Waals surface area contributed by atoms with Crippen LogP contribution in [0.4, 0.5) is 0 Å². The van der Waals surface area contributed by atoms with Gasteiger partial charge in [-0.25, -0.2) is 0 Å². The summed E-state index contributed by atoms with van der Waals surface area (Å²) in [6.07, 6.45) is 6.43. The number of phenols is 1. The van der Waals surface area contributed by atoms with E-state index in [1.165, 1.54) is 0 Å². The highest BCUT2D eigenvalue weighted by Crippen LogP contribution is 2.24. The van der Waals surface area contributed by atoms with E-state index in [9.17, 15) is 5.11 Å². The number of ether oxygens (including phenoxy) is 2.